The molecular weight excluding hydrogens is 556 g/mol. The molecule has 0 aromatic heterocycles. The van der Waals surface area contributed by atoms with E-state index in [1.54, 1.807) is 22.7 Å². The zero-order valence-electron chi connectivity index (χ0n) is 22.0. The van der Waals surface area contributed by atoms with Gasteiger partial charge < -0.3 is 19.6 Å². The van der Waals surface area contributed by atoms with Crippen molar-refractivity contribution in [2.45, 2.75) is 91.7 Å². The smallest absolute Gasteiger partial charge is 0.311 e. The minimum Gasteiger partial charge on any atom is -0.461 e. The topological polar surface area (TPSA) is 87.2 Å². The average Bonchev–Trinajstić information content (AvgIpc) is 3.47. The number of aliphatic hydroxyl groups excluding tert-OH is 1. The van der Waals surface area contributed by atoms with E-state index in [0.717, 1.165) is 25.7 Å². The van der Waals surface area contributed by atoms with Crippen LogP contribution >= 0.6 is 27.7 Å². The summed E-state index contributed by atoms with van der Waals surface area (Å²) in [6, 6.07) is -1.12. The molecule has 1 spiro atoms. The Labute approximate surface area is 233 Å². The van der Waals surface area contributed by atoms with Gasteiger partial charge in [0.25, 0.3) is 0 Å². The van der Waals surface area contributed by atoms with Crippen molar-refractivity contribution in [3.05, 3.63) is 25.3 Å². The highest BCUT2D eigenvalue weighted by molar-refractivity contribution is 9.09. The van der Waals surface area contributed by atoms with Crippen molar-refractivity contribution < 1.29 is 24.2 Å². The normalized spacial score (nSPS) is 33.9. The first kappa shape index (κ1) is 28.7. The molecule has 0 aromatic rings. The van der Waals surface area contributed by atoms with Crippen LogP contribution in [-0.4, -0.2) is 85.4 Å². The number of hydrogen-bond donors (Lipinski definition) is 1. The third-order valence-corrected chi connectivity index (χ3v) is 11.8. The summed E-state index contributed by atoms with van der Waals surface area (Å²) in [5.74, 6) is -1.75. The summed E-state index contributed by atoms with van der Waals surface area (Å²) in [6.07, 6.45) is 9.71. The fourth-order valence-corrected chi connectivity index (χ4v) is 10.8. The number of nitrogens with zero attached hydrogens (tertiary/aromatic N) is 2. The lowest BCUT2D eigenvalue weighted by atomic mass is 9.71. The van der Waals surface area contributed by atoms with E-state index in [0.29, 0.717) is 19.4 Å². The molecule has 2 amide bonds. The molecule has 7 nitrogen and oxygen atoms in total. The fourth-order valence-electron chi connectivity index (χ4n) is 7.17. The number of fused-ring (bicyclic) bond motifs is 1. The summed E-state index contributed by atoms with van der Waals surface area (Å²) in [7, 11) is 0. The number of halogens is 1. The number of hydrogen-bond acceptors (Lipinski definition) is 6. The van der Waals surface area contributed by atoms with Crippen LogP contribution in [-0.2, 0) is 19.1 Å². The molecule has 1 aliphatic carbocycles. The molecule has 0 radical (unpaired) electrons. The van der Waals surface area contributed by atoms with Gasteiger partial charge in [-0.25, -0.2) is 0 Å². The van der Waals surface area contributed by atoms with Crippen LogP contribution in [0.1, 0.15) is 58.8 Å². The third-order valence-electron chi connectivity index (χ3n) is 8.55. The van der Waals surface area contributed by atoms with E-state index >= 15 is 0 Å². The number of aliphatic hydroxyl groups is 1. The van der Waals surface area contributed by atoms with Crippen molar-refractivity contribution in [1.29, 1.82) is 0 Å². The maximum Gasteiger partial charge on any atom is 0.311 e. The molecule has 4 aliphatic rings. The van der Waals surface area contributed by atoms with Gasteiger partial charge in [0.05, 0.1) is 29.2 Å². The summed E-state index contributed by atoms with van der Waals surface area (Å²) in [6.45, 7) is 11.9. The van der Waals surface area contributed by atoms with Gasteiger partial charge in [-0.05, 0) is 31.6 Å². The van der Waals surface area contributed by atoms with Crippen LogP contribution in [0.25, 0.3) is 0 Å². The van der Waals surface area contributed by atoms with Crippen molar-refractivity contribution in [3.8, 4) is 0 Å². The molecule has 9 heteroatoms. The minimum atomic E-state index is -0.747. The first-order valence-corrected chi connectivity index (χ1v) is 15.4. The highest BCUT2D eigenvalue weighted by atomic mass is 79.9. The number of rotatable bonds is 11. The number of thioether (sulfide) groups is 1. The van der Waals surface area contributed by atoms with E-state index in [4.69, 9.17) is 4.74 Å². The number of alkyl halides is 1. The number of amides is 2. The van der Waals surface area contributed by atoms with Gasteiger partial charge >= 0.3 is 5.97 Å². The summed E-state index contributed by atoms with van der Waals surface area (Å²) in [5, 5.41) is 10.3. The molecular formula is C28H41BrN2O5S. The van der Waals surface area contributed by atoms with Crippen LogP contribution in [0.4, 0.5) is 0 Å². The number of ether oxygens (including phenoxy) is 1. The van der Waals surface area contributed by atoms with Crippen LogP contribution in [0.5, 0.6) is 0 Å². The zero-order valence-corrected chi connectivity index (χ0v) is 24.4. The Bertz CT molecular complexity index is 909. The molecule has 206 valence electrons. The molecule has 0 aromatic carbocycles. The van der Waals surface area contributed by atoms with E-state index in [9.17, 15) is 19.5 Å². The van der Waals surface area contributed by atoms with Crippen LogP contribution < -0.4 is 0 Å². The molecule has 3 saturated heterocycles. The second kappa shape index (κ2) is 11.8. The van der Waals surface area contributed by atoms with Gasteiger partial charge in [0.1, 0.15) is 12.6 Å². The molecule has 3 unspecified atom stereocenters. The van der Waals surface area contributed by atoms with Gasteiger partial charge in [-0.15, -0.1) is 18.3 Å². The lowest BCUT2D eigenvalue weighted by Crippen LogP contribution is -2.59. The SMILES string of the molecule is C=CCOC(=O)[C@H]1[C@@H]2SC3(CC2Br)C(C(=O)N(CC=C)C2CCCCC2)N([C@@H](CO)CC(C)C)C(=O)[C@H]13. The standard InChI is InChI=1S/C28H41BrN2O5S/c1-5-12-30(18-10-8-7-9-11-18)26(34)24-28-15-20(29)23(37-28)21(27(35)36-13-6-2)22(28)25(33)31(24)19(16-32)14-17(3)4/h5-6,17-24,32H,1-2,7-16H2,3-4H3/t19-,20?,21-,22+,23-,24?,28?/m1/s1. The average molecular weight is 598 g/mol. The molecule has 1 saturated carbocycles. The monoisotopic (exact) mass is 596 g/mol. The Morgan fingerprint density at radius 2 is 1.97 bits per heavy atom. The highest BCUT2D eigenvalue weighted by Gasteiger charge is 2.76. The van der Waals surface area contributed by atoms with Gasteiger partial charge in [0.15, 0.2) is 0 Å². The Hall–Kier alpha value is -1.32. The van der Waals surface area contributed by atoms with E-state index < -0.39 is 34.6 Å². The van der Waals surface area contributed by atoms with Crippen LogP contribution in [0.15, 0.2) is 25.3 Å². The van der Waals surface area contributed by atoms with Gasteiger partial charge in [0.2, 0.25) is 11.8 Å². The predicted octanol–water partition coefficient (Wildman–Crippen LogP) is 3.93. The van der Waals surface area contributed by atoms with E-state index in [1.165, 1.54) is 12.5 Å². The summed E-state index contributed by atoms with van der Waals surface area (Å²) in [4.78, 5) is 45.8. The lowest BCUT2D eigenvalue weighted by Gasteiger charge is -2.43. The quantitative estimate of drug-likeness (QED) is 0.221. The van der Waals surface area contributed by atoms with Crippen LogP contribution in [0.2, 0.25) is 0 Å². The van der Waals surface area contributed by atoms with Gasteiger partial charge in [-0.3, -0.25) is 14.4 Å². The van der Waals surface area contributed by atoms with Gasteiger partial charge in [0, 0.05) is 22.7 Å². The highest BCUT2D eigenvalue weighted by Crippen LogP contribution is 2.68. The van der Waals surface area contributed by atoms with Gasteiger partial charge in [-0.1, -0.05) is 67.8 Å². The van der Waals surface area contributed by atoms with E-state index in [1.807, 2.05) is 4.90 Å². The maximum absolute atomic E-state index is 14.6. The van der Waals surface area contributed by atoms with E-state index in [2.05, 4.69) is 42.9 Å². The molecule has 1 N–H and O–H groups in total. The Balaban J connectivity index is 1.79. The Kier molecular flexibility index (Phi) is 9.17. The van der Waals surface area contributed by atoms with E-state index in [-0.39, 0.29) is 47.1 Å². The van der Waals surface area contributed by atoms with Crippen LogP contribution in [0, 0.1) is 17.8 Å². The number of carbonyl (C=O) groups excluding carboxylic acids is 3. The zero-order chi connectivity index (χ0) is 26.9. The summed E-state index contributed by atoms with van der Waals surface area (Å²) >= 11 is 5.40. The summed E-state index contributed by atoms with van der Waals surface area (Å²) < 4.78 is 4.73. The van der Waals surface area contributed by atoms with Gasteiger partial charge in [-0.2, -0.15) is 0 Å². The molecule has 3 heterocycles. The fraction of sp³-hybridized carbons (Fsp3) is 0.750. The number of esters is 1. The Morgan fingerprint density at radius 1 is 1.27 bits per heavy atom. The Morgan fingerprint density at radius 3 is 2.57 bits per heavy atom. The van der Waals surface area contributed by atoms with Crippen LogP contribution in [0.3, 0.4) is 0 Å². The molecule has 3 aliphatic heterocycles. The van der Waals surface area contributed by atoms with Crippen molar-refractivity contribution in [2.75, 3.05) is 19.8 Å². The van der Waals surface area contributed by atoms with Crippen molar-refractivity contribution in [2.24, 2.45) is 17.8 Å². The molecule has 4 rings (SSSR count). The number of likely N-dealkylation sites (tertiary alicyclic amines) is 1. The largest absolute Gasteiger partial charge is 0.461 e. The molecule has 2 bridgehead atoms. The first-order valence-electron chi connectivity index (χ1n) is 13.7. The van der Waals surface area contributed by atoms with Crippen molar-refractivity contribution >= 4 is 45.5 Å². The minimum absolute atomic E-state index is 0.0155. The van der Waals surface area contributed by atoms with Crippen molar-refractivity contribution in [1.82, 2.24) is 9.80 Å². The summed E-state index contributed by atoms with van der Waals surface area (Å²) in [5.41, 5.74) is 0. The lowest BCUT2D eigenvalue weighted by molar-refractivity contribution is -0.153. The number of carbonyl (C=O) groups is 3. The maximum atomic E-state index is 14.6. The third kappa shape index (κ3) is 5.05. The molecule has 4 fully saturated rings. The second-order valence-corrected chi connectivity index (χ2v) is 14.1. The predicted molar refractivity (Wildman–Crippen MR) is 149 cm³/mol. The molecule has 37 heavy (non-hydrogen) atoms. The second-order valence-electron chi connectivity index (χ2n) is 11.4. The molecule has 7 atom stereocenters. The van der Waals surface area contributed by atoms with Crippen molar-refractivity contribution in [3.63, 3.8) is 0 Å². The first-order chi connectivity index (χ1) is 17.7.